The number of hydrogen-bond acceptors (Lipinski definition) is 3. The SMILES string of the molecule is CC1(C(=O)N2CCCC3(C2)CN(c2ccccc2)C(=O)CO3)CCCCC1. The number of hydrogen-bond donors (Lipinski definition) is 0. The van der Waals surface area contributed by atoms with Gasteiger partial charge in [0.1, 0.15) is 12.2 Å². The van der Waals surface area contributed by atoms with E-state index in [1.807, 2.05) is 40.1 Å². The average Bonchev–Trinajstić information content (AvgIpc) is 2.71. The number of piperidine rings is 1. The van der Waals surface area contributed by atoms with Crippen molar-refractivity contribution < 1.29 is 14.3 Å². The summed E-state index contributed by atoms with van der Waals surface area (Å²) in [5.41, 5.74) is 0.246. The highest BCUT2D eigenvalue weighted by Crippen LogP contribution is 2.39. The van der Waals surface area contributed by atoms with Crippen LogP contribution in [0.3, 0.4) is 0 Å². The molecule has 2 aliphatic heterocycles. The summed E-state index contributed by atoms with van der Waals surface area (Å²) in [4.78, 5) is 29.6. The lowest BCUT2D eigenvalue weighted by molar-refractivity contribution is -0.160. The van der Waals surface area contributed by atoms with Crippen LogP contribution in [0, 0.1) is 5.41 Å². The monoisotopic (exact) mass is 370 g/mol. The summed E-state index contributed by atoms with van der Waals surface area (Å²) in [5, 5.41) is 0. The molecule has 3 fully saturated rings. The maximum Gasteiger partial charge on any atom is 0.253 e. The van der Waals surface area contributed by atoms with E-state index in [1.165, 1.54) is 6.42 Å². The molecule has 1 aromatic carbocycles. The number of para-hydroxylation sites is 1. The fourth-order valence-electron chi connectivity index (χ4n) is 5.00. The topological polar surface area (TPSA) is 49.9 Å². The molecule has 146 valence electrons. The summed E-state index contributed by atoms with van der Waals surface area (Å²) in [5.74, 6) is 0.280. The van der Waals surface area contributed by atoms with Gasteiger partial charge in [-0.25, -0.2) is 0 Å². The molecular weight excluding hydrogens is 340 g/mol. The standard InChI is InChI=1S/C22H30N2O3/c1-21(11-6-3-7-12-21)20(26)23-14-8-13-22(16-23)17-24(19(25)15-27-22)18-9-4-2-5-10-18/h2,4-5,9-10H,3,6-8,11-17H2,1H3. The van der Waals surface area contributed by atoms with Crippen molar-refractivity contribution in [1.29, 1.82) is 0 Å². The number of rotatable bonds is 2. The molecule has 27 heavy (non-hydrogen) atoms. The van der Waals surface area contributed by atoms with Gasteiger partial charge in [0.05, 0.1) is 13.1 Å². The number of anilines is 1. The molecule has 1 aliphatic carbocycles. The van der Waals surface area contributed by atoms with Crippen molar-refractivity contribution in [3.05, 3.63) is 30.3 Å². The first kappa shape index (κ1) is 18.5. The Hall–Kier alpha value is -1.88. The predicted molar refractivity (Wildman–Crippen MR) is 104 cm³/mol. The van der Waals surface area contributed by atoms with E-state index in [-0.39, 0.29) is 23.8 Å². The normalized spacial score (nSPS) is 28.4. The lowest BCUT2D eigenvalue weighted by atomic mass is 9.74. The third-order valence-electron chi connectivity index (χ3n) is 6.62. The van der Waals surface area contributed by atoms with Gasteiger partial charge < -0.3 is 14.5 Å². The highest BCUT2D eigenvalue weighted by molar-refractivity contribution is 5.95. The zero-order valence-electron chi connectivity index (χ0n) is 16.3. The highest BCUT2D eigenvalue weighted by Gasteiger charge is 2.47. The van der Waals surface area contributed by atoms with E-state index in [2.05, 4.69) is 6.92 Å². The Morgan fingerprint density at radius 1 is 1.00 bits per heavy atom. The predicted octanol–water partition coefficient (Wildman–Crippen LogP) is 3.38. The number of likely N-dealkylation sites (tertiary alicyclic amines) is 1. The van der Waals surface area contributed by atoms with Crippen molar-refractivity contribution in [3.8, 4) is 0 Å². The molecule has 3 aliphatic rings. The fourth-order valence-corrected chi connectivity index (χ4v) is 5.00. The van der Waals surface area contributed by atoms with Gasteiger partial charge in [-0.1, -0.05) is 44.4 Å². The third kappa shape index (κ3) is 3.62. The van der Waals surface area contributed by atoms with Crippen molar-refractivity contribution in [2.24, 2.45) is 5.41 Å². The minimum Gasteiger partial charge on any atom is -0.361 e. The number of ether oxygens (including phenoxy) is 1. The van der Waals surface area contributed by atoms with Gasteiger partial charge in [0.2, 0.25) is 5.91 Å². The molecule has 0 N–H and O–H groups in total. The van der Waals surface area contributed by atoms with Crippen LogP contribution in [-0.4, -0.2) is 48.6 Å². The summed E-state index contributed by atoms with van der Waals surface area (Å²) in [6, 6.07) is 9.78. The summed E-state index contributed by atoms with van der Waals surface area (Å²) in [7, 11) is 0. The van der Waals surface area contributed by atoms with Gasteiger partial charge in [-0.3, -0.25) is 9.59 Å². The van der Waals surface area contributed by atoms with Crippen molar-refractivity contribution >= 4 is 17.5 Å². The van der Waals surface area contributed by atoms with Crippen LogP contribution in [0.4, 0.5) is 5.69 Å². The maximum atomic E-state index is 13.3. The molecule has 5 nitrogen and oxygen atoms in total. The second-order valence-electron chi connectivity index (χ2n) is 8.74. The van der Waals surface area contributed by atoms with Crippen LogP contribution in [0.25, 0.3) is 0 Å². The first-order valence-electron chi connectivity index (χ1n) is 10.3. The molecule has 2 heterocycles. The quantitative estimate of drug-likeness (QED) is 0.802. The summed E-state index contributed by atoms with van der Waals surface area (Å²) >= 11 is 0. The molecule has 0 bridgehead atoms. The molecule has 5 heteroatoms. The minimum atomic E-state index is -0.442. The Balaban J connectivity index is 1.51. The maximum absolute atomic E-state index is 13.3. The Labute approximate surface area is 161 Å². The Morgan fingerprint density at radius 3 is 2.48 bits per heavy atom. The van der Waals surface area contributed by atoms with Crippen molar-refractivity contribution in [3.63, 3.8) is 0 Å². The van der Waals surface area contributed by atoms with Gasteiger partial charge >= 0.3 is 0 Å². The van der Waals surface area contributed by atoms with Crippen molar-refractivity contribution in [2.75, 3.05) is 31.1 Å². The van der Waals surface area contributed by atoms with Crippen LogP contribution >= 0.6 is 0 Å². The molecule has 1 aromatic rings. The molecule has 4 rings (SSSR count). The lowest BCUT2D eigenvalue weighted by Gasteiger charge is -2.49. The van der Waals surface area contributed by atoms with Crippen LogP contribution in [0.5, 0.6) is 0 Å². The summed E-state index contributed by atoms with van der Waals surface area (Å²) < 4.78 is 6.09. The van der Waals surface area contributed by atoms with E-state index < -0.39 is 5.60 Å². The van der Waals surface area contributed by atoms with Gasteiger partial charge in [0.25, 0.3) is 5.91 Å². The largest absolute Gasteiger partial charge is 0.361 e. The first-order chi connectivity index (χ1) is 13.0. The van der Waals surface area contributed by atoms with Crippen molar-refractivity contribution in [2.45, 2.75) is 57.5 Å². The zero-order valence-corrected chi connectivity index (χ0v) is 16.3. The van der Waals surface area contributed by atoms with E-state index in [4.69, 9.17) is 4.74 Å². The Bertz CT molecular complexity index is 699. The number of benzene rings is 1. The minimum absolute atomic E-state index is 0.00508. The number of morpholine rings is 1. The molecule has 2 saturated heterocycles. The molecule has 1 unspecified atom stereocenters. The van der Waals surface area contributed by atoms with Crippen LogP contribution in [0.15, 0.2) is 30.3 Å². The average molecular weight is 370 g/mol. The van der Waals surface area contributed by atoms with E-state index in [1.54, 1.807) is 0 Å². The van der Waals surface area contributed by atoms with Crippen LogP contribution < -0.4 is 4.90 Å². The van der Waals surface area contributed by atoms with Crippen LogP contribution in [-0.2, 0) is 14.3 Å². The number of amides is 2. The van der Waals surface area contributed by atoms with E-state index in [0.717, 1.165) is 50.8 Å². The van der Waals surface area contributed by atoms with E-state index >= 15 is 0 Å². The molecule has 0 aromatic heterocycles. The Morgan fingerprint density at radius 2 is 1.74 bits per heavy atom. The second-order valence-corrected chi connectivity index (χ2v) is 8.74. The number of carbonyl (C=O) groups is 2. The van der Waals surface area contributed by atoms with Crippen LogP contribution in [0.1, 0.15) is 51.9 Å². The second kappa shape index (κ2) is 7.27. The van der Waals surface area contributed by atoms with Gasteiger partial charge in [-0.15, -0.1) is 0 Å². The molecule has 0 radical (unpaired) electrons. The van der Waals surface area contributed by atoms with E-state index in [9.17, 15) is 9.59 Å². The smallest absolute Gasteiger partial charge is 0.253 e. The first-order valence-corrected chi connectivity index (χ1v) is 10.3. The van der Waals surface area contributed by atoms with Gasteiger partial charge in [-0.2, -0.15) is 0 Å². The molecule has 1 saturated carbocycles. The molecule has 2 amide bonds. The highest BCUT2D eigenvalue weighted by atomic mass is 16.5. The summed E-state index contributed by atoms with van der Waals surface area (Å²) in [6.45, 7) is 4.15. The van der Waals surface area contributed by atoms with Gasteiger partial charge in [0, 0.05) is 17.6 Å². The van der Waals surface area contributed by atoms with Crippen LogP contribution in [0.2, 0.25) is 0 Å². The Kier molecular flexibility index (Phi) is 4.97. The summed E-state index contributed by atoms with van der Waals surface area (Å²) in [6.07, 6.45) is 7.34. The third-order valence-corrected chi connectivity index (χ3v) is 6.62. The number of nitrogens with zero attached hydrogens (tertiary/aromatic N) is 2. The lowest BCUT2D eigenvalue weighted by Crippen LogP contribution is -2.63. The van der Waals surface area contributed by atoms with Crippen molar-refractivity contribution in [1.82, 2.24) is 4.90 Å². The fraction of sp³-hybridized carbons (Fsp3) is 0.636. The van der Waals surface area contributed by atoms with E-state index in [0.29, 0.717) is 13.1 Å². The molecule has 1 atom stereocenters. The van der Waals surface area contributed by atoms with Gasteiger partial charge in [0.15, 0.2) is 0 Å². The molecular formula is C22H30N2O3. The van der Waals surface area contributed by atoms with Gasteiger partial charge in [-0.05, 0) is 37.8 Å². The zero-order chi connectivity index (χ0) is 18.9. The number of carbonyl (C=O) groups excluding carboxylic acids is 2. The molecule has 1 spiro atoms.